The van der Waals surface area contributed by atoms with E-state index >= 15 is 0 Å². The number of aliphatic hydroxyl groups is 3. The van der Waals surface area contributed by atoms with E-state index < -0.39 is 95.0 Å². The molecule has 3 fully saturated rings. The van der Waals surface area contributed by atoms with Gasteiger partial charge in [-0.3, -0.25) is 19.4 Å². The van der Waals surface area contributed by atoms with Gasteiger partial charge in [0.25, 0.3) is 0 Å². The van der Waals surface area contributed by atoms with Gasteiger partial charge in [-0.25, -0.2) is 14.8 Å². The number of carbonyl (C=O) groups excluding carboxylic acids is 4. The zero-order valence-electron chi connectivity index (χ0n) is 41.3. The lowest BCUT2D eigenvalue weighted by Gasteiger charge is -2.48. The highest BCUT2D eigenvalue weighted by Gasteiger charge is 2.56. The molecule has 2 amide bonds. The summed E-state index contributed by atoms with van der Waals surface area (Å²) in [7, 11) is 3.65. The molecule has 0 aliphatic carbocycles. The van der Waals surface area contributed by atoms with Crippen LogP contribution >= 0.6 is 11.3 Å². The van der Waals surface area contributed by atoms with Gasteiger partial charge in [0, 0.05) is 47.2 Å². The normalized spacial score (nSPS) is 36.1. The number of rotatable bonds is 11. The number of hydrogen-bond donors (Lipinski definition) is 5. The maximum Gasteiger partial charge on any atom is 0.346 e. The maximum atomic E-state index is 14.7. The van der Waals surface area contributed by atoms with E-state index in [1.807, 2.05) is 32.8 Å². The average molecular weight is 974 g/mol. The first-order chi connectivity index (χ1) is 31.8. The van der Waals surface area contributed by atoms with Crippen molar-refractivity contribution in [3.05, 3.63) is 29.4 Å². The summed E-state index contributed by atoms with van der Waals surface area (Å²) in [5.41, 5.74) is 1.09. The summed E-state index contributed by atoms with van der Waals surface area (Å²) in [6.07, 6.45) is -4.60. The summed E-state index contributed by atoms with van der Waals surface area (Å²) < 4.78 is 32.3. The smallest absolute Gasteiger partial charge is 0.346 e. The minimum Gasteiger partial charge on any atom is -0.457 e. The van der Waals surface area contributed by atoms with Gasteiger partial charge in [0.15, 0.2) is 18.7 Å². The number of aromatic nitrogens is 2. The molecule has 3 saturated heterocycles. The Morgan fingerprint density at radius 1 is 1.09 bits per heavy atom. The van der Waals surface area contributed by atoms with Crippen molar-refractivity contribution in [3.8, 4) is 10.6 Å². The van der Waals surface area contributed by atoms with Crippen LogP contribution in [0.1, 0.15) is 101 Å². The standard InChI is InChI=1S/C47H71N7O13S/c1-13-33-46(9,60)40-26(5)36(52-35(55)14-2)24(3)18-45(8,39(27(6)38(57)47(10,61)44(59)66-33)67-43-37(56)32(54(11)12)17-25(4)65-43)63-21-31(20-62-40)53-64-22-30-16-15-29(19-49-30)42-51-34(23-68-42)50-41(58)28(7)48/h15-16,19,23-28,32-33,37,39-40,43,56,60-61H,13-14,17-18,20-22,48H2,1-12H3,(H,50,58)/b52-36?,53-31+/t24-,25-,26+,27+,28+,32+,33-,37-,39-,40-,43+,45-,46-,47+/m1/s1. The number of hydrogen-bond acceptors (Lipinski definition) is 19. The molecule has 20 nitrogen and oxygen atoms in total. The predicted octanol–water partition coefficient (Wildman–Crippen LogP) is 3.43. The summed E-state index contributed by atoms with van der Waals surface area (Å²) >= 11 is 1.32. The number of nitrogens with zero attached hydrogens (tertiary/aromatic N) is 5. The fourth-order valence-electron chi connectivity index (χ4n) is 9.20. The SMILES string of the molecule is CCC(=O)N=C1[C@H](C)C[C@@]2(C)OC/C(=N/OCc3ccc(-c4nc(NC(=O)[C@H](C)N)cs4)cn3)CO[C@H]([C@H]1C)[C@](C)(O)[C@@H](CC)OC(=O)[C@@](C)(O)C(=O)[C@H](C)[C@H]2O[C@@H]1O[C@H](C)C[C@H](N(C)C)[C@H]1O. The number of anilines is 1. The molecule has 68 heavy (non-hydrogen) atoms. The Bertz CT molecular complexity index is 2150. The molecular weight excluding hydrogens is 903 g/mol. The zero-order chi connectivity index (χ0) is 50.5. The molecule has 0 spiro atoms. The van der Waals surface area contributed by atoms with Crippen molar-refractivity contribution in [1.29, 1.82) is 0 Å². The van der Waals surface area contributed by atoms with Crippen molar-refractivity contribution >= 4 is 52.1 Å². The van der Waals surface area contributed by atoms with Crippen LogP contribution in [-0.4, -0.2) is 158 Å². The number of nitrogens with two attached hydrogens (primary N) is 1. The number of cyclic esters (lactones) is 1. The van der Waals surface area contributed by atoms with E-state index in [2.05, 4.69) is 25.4 Å². The van der Waals surface area contributed by atoms with E-state index in [0.29, 0.717) is 34.2 Å². The van der Waals surface area contributed by atoms with Crippen molar-refractivity contribution in [2.75, 3.05) is 32.6 Å². The van der Waals surface area contributed by atoms with Gasteiger partial charge in [-0.2, -0.15) is 0 Å². The van der Waals surface area contributed by atoms with E-state index in [9.17, 15) is 34.5 Å². The maximum absolute atomic E-state index is 14.7. The van der Waals surface area contributed by atoms with Crippen LogP contribution in [0.25, 0.3) is 10.6 Å². The molecule has 3 aliphatic rings. The number of ketones is 1. The van der Waals surface area contributed by atoms with Gasteiger partial charge in [0.1, 0.15) is 34.3 Å². The van der Waals surface area contributed by atoms with Crippen molar-refractivity contribution in [2.24, 2.45) is 33.6 Å². The Labute approximate surface area is 402 Å². The first-order valence-electron chi connectivity index (χ1n) is 23.2. The third-order valence-corrected chi connectivity index (χ3v) is 14.0. The van der Waals surface area contributed by atoms with Crippen LogP contribution in [0.3, 0.4) is 0 Å². The van der Waals surface area contributed by atoms with Gasteiger partial charge >= 0.3 is 5.97 Å². The van der Waals surface area contributed by atoms with Crippen LogP contribution in [0.4, 0.5) is 5.82 Å². The minimum absolute atomic E-state index is 0.0209. The van der Waals surface area contributed by atoms with Crippen molar-refractivity contribution < 1.29 is 63.0 Å². The number of esters is 1. The molecule has 2 bridgehead atoms. The monoisotopic (exact) mass is 973 g/mol. The number of carbonyl (C=O) groups is 4. The number of fused-ring (bicyclic) bond motifs is 5. The van der Waals surface area contributed by atoms with Crippen molar-refractivity contribution in [3.63, 3.8) is 0 Å². The van der Waals surface area contributed by atoms with E-state index in [4.69, 9.17) is 34.3 Å². The number of thiazole rings is 1. The van der Waals surface area contributed by atoms with Crippen molar-refractivity contribution in [1.82, 2.24) is 14.9 Å². The summed E-state index contributed by atoms with van der Waals surface area (Å²) in [5.74, 6) is -5.48. The second-order valence-electron chi connectivity index (χ2n) is 19.2. The molecule has 6 N–H and O–H groups in total. The number of aliphatic hydroxyl groups excluding tert-OH is 1. The van der Waals surface area contributed by atoms with Gasteiger partial charge in [0.05, 0.1) is 48.9 Å². The highest BCUT2D eigenvalue weighted by Crippen LogP contribution is 2.41. The van der Waals surface area contributed by atoms with E-state index in [1.165, 1.54) is 25.2 Å². The molecule has 2 aromatic rings. The second kappa shape index (κ2) is 22.7. The van der Waals surface area contributed by atoms with Crippen LogP contribution in [0.2, 0.25) is 0 Å². The molecule has 14 atom stereocenters. The summed E-state index contributed by atoms with van der Waals surface area (Å²) in [6, 6.07) is 2.44. The van der Waals surface area contributed by atoms with E-state index in [-0.39, 0.29) is 56.8 Å². The fourth-order valence-corrected chi connectivity index (χ4v) is 9.94. The number of likely N-dealkylation sites (N-methyl/N-ethyl adjacent to an activating group) is 1. The number of ether oxygens (including phenoxy) is 5. The van der Waals surface area contributed by atoms with E-state index in [0.717, 1.165) is 6.92 Å². The quantitative estimate of drug-likeness (QED) is 0.123. The third-order valence-electron chi connectivity index (χ3n) is 13.1. The van der Waals surface area contributed by atoms with Crippen LogP contribution in [0.5, 0.6) is 0 Å². The molecule has 21 heteroatoms. The summed E-state index contributed by atoms with van der Waals surface area (Å²) in [6.45, 7) is 15.3. The van der Waals surface area contributed by atoms with Gasteiger partial charge < -0.3 is 59.8 Å². The van der Waals surface area contributed by atoms with Crippen LogP contribution in [-0.2, 0) is 54.3 Å². The van der Waals surface area contributed by atoms with Gasteiger partial charge in [-0.05, 0) is 86.0 Å². The number of amides is 2. The van der Waals surface area contributed by atoms with Gasteiger partial charge in [0.2, 0.25) is 17.4 Å². The Hall–Kier alpha value is -4.16. The molecule has 5 heterocycles. The lowest BCUT2D eigenvalue weighted by molar-refractivity contribution is -0.296. The predicted molar refractivity (Wildman–Crippen MR) is 253 cm³/mol. The van der Waals surface area contributed by atoms with E-state index in [1.54, 1.807) is 58.3 Å². The zero-order valence-corrected chi connectivity index (χ0v) is 42.1. The molecule has 378 valence electrons. The lowest BCUT2D eigenvalue weighted by Crippen LogP contribution is -2.62. The largest absolute Gasteiger partial charge is 0.457 e. The molecular formula is C47H71N7O13S. The van der Waals surface area contributed by atoms with Crippen molar-refractivity contribution in [2.45, 2.75) is 167 Å². The second-order valence-corrected chi connectivity index (χ2v) is 20.0. The molecule has 0 unspecified atom stereocenters. The topological polar surface area (TPSA) is 276 Å². The lowest BCUT2D eigenvalue weighted by atomic mass is 9.73. The Morgan fingerprint density at radius 2 is 1.79 bits per heavy atom. The number of oxime groups is 1. The number of Topliss-reactive ketones (excluding diaryl/α,β-unsaturated/α-hetero) is 1. The number of nitrogens with one attached hydrogen (secondary N) is 1. The Morgan fingerprint density at radius 3 is 2.41 bits per heavy atom. The minimum atomic E-state index is -2.74. The van der Waals surface area contributed by atoms with Crippen LogP contribution in [0.15, 0.2) is 33.9 Å². The first-order valence-corrected chi connectivity index (χ1v) is 24.1. The third kappa shape index (κ3) is 12.6. The molecule has 0 radical (unpaired) electrons. The first kappa shape index (κ1) is 54.8. The van der Waals surface area contributed by atoms with Crippen LogP contribution < -0.4 is 11.1 Å². The molecule has 0 aromatic carbocycles. The molecule has 2 aromatic heterocycles. The van der Waals surface area contributed by atoms with Gasteiger partial charge in [-0.15, -0.1) is 11.3 Å². The molecule has 5 rings (SSSR count). The molecule has 0 saturated carbocycles. The highest BCUT2D eigenvalue weighted by atomic mass is 32.1. The Kier molecular flexibility index (Phi) is 18.3. The number of aliphatic imine (C=N–C) groups is 1. The highest BCUT2D eigenvalue weighted by molar-refractivity contribution is 7.13. The number of pyridine rings is 1. The van der Waals surface area contributed by atoms with Crippen LogP contribution in [0, 0.1) is 17.8 Å². The fraction of sp³-hybridized carbons (Fsp3) is 0.702. The average Bonchev–Trinajstić information content (AvgIpc) is 3.75. The van der Waals surface area contributed by atoms with Gasteiger partial charge in [-0.1, -0.05) is 39.8 Å². The Balaban J connectivity index is 1.60. The summed E-state index contributed by atoms with van der Waals surface area (Å²) in [4.78, 5) is 75.3. The summed E-state index contributed by atoms with van der Waals surface area (Å²) in [5, 5.41) is 45.5. The molecule has 3 aliphatic heterocycles.